The highest BCUT2D eigenvalue weighted by molar-refractivity contribution is 5.11. The fraction of sp³-hybridized carbons (Fsp3) is 0.769. The molecule has 0 fully saturated rings. The van der Waals surface area contributed by atoms with E-state index in [-0.39, 0.29) is 12.0 Å². The molecule has 0 radical (unpaired) electrons. The molecule has 4 heteroatoms. The molecule has 0 saturated heterocycles. The van der Waals surface area contributed by atoms with Crippen LogP contribution < -0.4 is 0 Å². The number of rotatable bonds is 7. The summed E-state index contributed by atoms with van der Waals surface area (Å²) in [5, 5.41) is 14.6. The normalized spacial score (nSPS) is 14.9. The highest BCUT2D eigenvalue weighted by Crippen LogP contribution is 2.13. The number of hydrogen-bond acceptors (Lipinski definition) is 3. The van der Waals surface area contributed by atoms with Crippen molar-refractivity contribution in [3.63, 3.8) is 0 Å². The summed E-state index contributed by atoms with van der Waals surface area (Å²) in [7, 11) is 1.66. The molecule has 1 aromatic rings. The quantitative estimate of drug-likeness (QED) is 0.788. The molecule has 0 aliphatic rings. The van der Waals surface area contributed by atoms with Crippen LogP contribution in [-0.4, -0.2) is 34.7 Å². The van der Waals surface area contributed by atoms with E-state index in [0.29, 0.717) is 13.0 Å². The summed E-state index contributed by atoms with van der Waals surface area (Å²) in [5.74, 6) is 0.144. The molecular formula is C13H24N2O2. The van der Waals surface area contributed by atoms with Crippen molar-refractivity contribution in [2.24, 2.45) is 5.92 Å². The molecule has 4 nitrogen and oxygen atoms in total. The minimum atomic E-state index is -0.373. The van der Waals surface area contributed by atoms with Crippen molar-refractivity contribution in [1.29, 1.82) is 0 Å². The van der Waals surface area contributed by atoms with Gasteiger partial charge >= 0.3 is 0 Å². The SMILES string of the molecule is CCc1cc(CC(O)C(C)COC)n(CC)n1. The van der Waals surface area contributed by atoms with Gasteiger partial charge in [-0.2, -0.15) is 5.10 Å². The molecule has 2 atom stereocenters. The first kappa shape index (κ1) is 14.2. The van der Waals surface area contributed by atoms with E-state index >= 15 is 0 Å². The number of hydrogen-bond donors (Lipinski definition) is 1. The highest BCUT2D eigenvalue weighted by Gasteiger charge is 2.17. The number of aromatic nitrogens is 2. The van der Waals surface area contributed by atoms with Gasteiger partial charge in [-0.25, -0.2) is 0 Å². The molecule has 17 heavy (non-hydrogen) atoms. The molecule has 0 aromatic carbocycles. The first-order valence-corrected chi connectivity index (χ1v) is 6.34. The Balaban J connectivity index is 2.69. The van der Waals surface area contributed by atoms with Crippen LogP contribution in [0.5, 0.6) is 0 Å². The second-order valence-corrected chi connectivity index (χ2v) is 4.50. The number of ether oxygens (including phenoxy) is 1. The number of aryl methyl sites for hydroxylation is 2. The third-order valence-electron chi connectivity index (χ3n) is 3.08. The topological polar surface area (TPSA) is 47.3 Å². The van der Waals surface area contributed by atoms with Gasteiger partial charge in [-0.3, -0.25) is 4.68 Å². The lowest BCUT2D eigenvalue weighted by atomic mass is 10.0. The van der Waals surface area contributed by atoms with Crippen molar-refractivity contribution in [2.75, 3.05) is 13.7 Å². The molecule has 2 unspecified atom stereocenters. The maximum Gasteiger partial charge on any atom is 0.0642 e. The van der Waals surface area contributed by atoms with Gasteiger partial charge in [0.25, 0.3) is 0 Å². The Morgan fingerprint density at radius 2 is 2.18 bits per heavy atom. The third-order valence-corrected chi connectivity index (χ3v) is 3.08. The summed E-state index contributed by atoms with van der Waals surface area (Å²) in [5.41, 5.74) is 2.20. The van der Waals surface area contributed by atoms with Gasteiger partial charge in [-0.15, -0.1) is 0 Å². The highest BCUT2D eigenvalue weighted by atomic mass is 16.5. The van der Waals surface area contributed by atoms with E-state index in [1.54, 1.807) is 7.11 Å². The lowest BCUT2D eigenvalue weighted by Gasteiger charge is -2.18. The number of methoxy groups -OCH3 is 1. The van der Waals surface area contributed by atoms with Gasteiger partial charge in [0.1, 0.15) is 0 Å². The molecule has 1 rings (SSSR count). The van der Waals surface area contributed by atoms with Crippen molar-refractivity contribution < 1.29 is 9.84 Å². The molecule has 0 saturated carbocycles. The first-order valence-electron chi connectivity index (χ1n) is 6.34. The average molecular weight is 240 g/mol. The van der Waals surface area contributed by atoms with Gasteiger partial charge in [-0.1, -0.05) is 13.8 Å². The minimum absolute atomic E-state index is 0.144. The number of nitrogens with zero attached hydrogens (tertiary/aromatic N) is 2. The van der Waals surface area contributed by atoms with Crippen molar-refractivity contribution >= 4 is 0 Å². The van der Waals surface area contributed by atoms with E-state index in [4.69, 9.17) is 4.74 Å². The van der Waals surface area contributed by atoms with Crippen LogP contribution in [-0.2, 0) is 24.1 Å². The Kier molecular flexibility index (Phi) is 5.65. The number of aliphatic hydroxyl groups is 1. The Morgan fingerprint density at radius 3 is 2.71 bits per heavy atom. The molecule has 1 N–H and O–H groups in total. The zero-order valence-corrected chi connectivity index (χ0v) is 11.3. The van der Waals surface area contributed by atoms with Crippen LogP contribution in [0.4, 0.5) is 0 Å². The van der Waals surface area contributed by atoms with Crippen LogP contribution in [0.15, 0.2) is 6.07 Å². The number of aliphatic hydroxyl groups excluding tert-OH is 1. The van der Waals surface area contributed by atoms with Crippen molar-refractivity contribution in [3.05, 3.63) is 17.5 Å². The van der Waals surface area contributed by atoms with E-state index in [1.165, 1.54) is 0 Å². The second-order valence-electron chi connectivity index (χ2n) is 4.50. The zero-order chi connectivity index (χ0) is 12.8. The maximum absolute atomic E-state index is 10.1. The smallest absolute Gasteiger partial charge is 0.0642 e. The minimum Gasteiger partial charge on any atom is -0.392 e. The van der Waals surface area contributed by atoms with E-state index in [9.17, 15) is 5.11 Å². The largest absolute Gasteiger partial charge is 0.392 e. The first-order chi connectivity index (χ1) is 8.12. The summed E-state index contributed by atoms with van der Waals surface area (Å²) in [6, 6.07) is 2.09. The zero-order valence-electron chi connectivity index (χ0n) is 11.3. The van der Waals surface area contributed by atoms with Crippen molar-refractivity contribution in [3.8, 4) is 0 Å². The Labute approximate surface area is 104 Å². The van der Waals surface area contributed by atoms with E-state index in [0.717, 1.165) is 24.4 Å². The lowest BCUT2D eigenvalue weighted by Crippen LogP contribution is -2.25. The van der Waals surface area contributed by atoms with Crippen LogP contribution >= 0.6 is 0 Å². The average Bonchev–Trinajstić information content (AvgIpc) is 2.71. The molecule has 0 aliphatic carbocycles. The summed E-state index contributed by atoms with van der Waals surface area (Å²) in [4.78, 5) is 0. The fourth-order valence-electron chi connectivity index (χ4n) is 1.92. The van der Waals surface area contributed by atoms with Gasteiger partial charge in [0.2, 0.25) is 0 Å². The second kappa shape index (κ2) is 6.77. The molecule has 0 amide bonds. The van der Waals surface area contributed by atoms with Crippen LogP contribution in [0.1, 0.15) is 32.2 Å². The molecule has 1 aromatic heterocycles. The maximum atomic E-state index is 10.1. The Morgan fingerprint density at radius 1 is 1.47 bits per heavy atom. The van der Waals surface area contributed by atoms with Crippen LogP contribution in [0, 0.1) is 5.92 Å². The molecular weight excluding hydrogens is 216 g/mol. The van der Waals surface area contributed by atoms with E-state index in [2.05, 4.69) is 25.0 Å². The molecule has 0 bridgehead atoms. The van der Waals surface area contributed by atoms with E-state index < -0.39 is 0 Å². The summed E-state index contributed by atoms with van der Waals surface area (Å²) in [6.45, 7) is 7.60. The van der Waals surface area contributed by atoms with Crippen molar-refractivity contribution in [1.82, 2.24) is 9.78 Å². The summed E-state index contributed by atoms with van der Waals surface area (Å²) >= 11 is 0. The summed E-state index contributed by atoms with van der Waals surface area (Å²) < 4.78 is 7.04. The molecule has 0 spiro atoms. The molecule has 98 valence electrons. The standard InChI is InChI=1S/C13H24N2O2/c1-5-11-7-12(15(6-2)14-11)8-13(16)10(3)9-17-4/h7,10,13,16H,5-6,8-9H2,1-4H3. The predicted molar refractivity (Wildman–Crippen MR) is 68.0 cm³/mol. The Hall–Kier alpha value is -0.870. The van der Waals surface area contributed by atoms with Crippen molar-refractivity contribution in [2.45, 2.75) is 46.3 Å². The lowest BCUT2D eigenvalue weighted by molar-refractivity contribution is 0.0562. The summed E-state index contributed by atoms with van der Waals surface area (Å²) in [6.07, 6.45) is 1.20. The van der Waals surface area contributed by atoms with Crippen LogP contribution in [0.2, 0.25) is 0 Å². The molecule has 1 heterocycles. The van der Waals surface area contributed by atoms with Gasteiger partial charge in [0.15, 0.2) is 0 Å². The third kappa shape index (κ3) is 3.82. The fourth-order valence-corrected chi connectivity index (χ4v) is 1.92. The molecule has 0 aliphatic heterocycles. The van der Waals surface area contributed by atoms with Gasteiger partial charge in [0.05, 0.1) is 18.4 Å². The van der Waals surface area contributed by atoms with Crippen LogP contribution in [0.25, 0.3) is 0 Å². The van der Waals surface area contributed by atoms with Crippen LogP contribution in [0.3, 0.4) is 0 Å². The van der Waals surface area contributed by atoms with Gasteiger partial charge < -0.3 is 9.84 Å². The monoisotopic (exact) mass is 240 g/mol. The Bertz CT molecular complexity index is 336. The van der Waals surface area contributed by atoms with Gasteiger partial charge in [-0.05, 0) is 19.4 Å². The van der Waals surface area contributed by atoms with E-state index in [1.807, 2.05) is 11.6 Å². The van der Waals surface area contributed by atoms with Gasteiger partial charge in [0, 0.05) is 31.7 Å². The predicted octanol–water partition coefficient (Wildman–Crippen LogP) is 1.65.